The zero-order chi connectivity index (χ0) is 65.2. The third kappa shape index (κ3) is 23.1. The van der Waals surface area contributed by atoms with Crippen LogP contribution in [0.3, 0.4) is 0 Å². The van der Waals surface area contributed by atoms with Gasteiger partial charge in [-0.05, 0) is 90.5 Å². The molecule has 480 valence electrons. The first kappa shape index (κ1) is 69.9. The third-order valence-electron chi connectivity index (χ3n) is 14.6. The van der Waals surface area contributed by atoms with Crippen LogP contribution in [0.1, 0.15) is 88.3 Å². The van der Waals surface area contributed by atoms with Crippen LogP contribution in [-0.2, 0) is 67.2 Å². The normalized spacial score (nSPS) is 15.1. The van der Waals surface area contributed by atoms with Crippen molar-refractivity contribution in [1.82, 2.24) is 42.1 Å². The minimum atomic E-state index is -1.51. The second-order valence-corrected chi connectivity index (χ2v) is 22.2. The maximum Gasteiger partial charge on any atom is 0.245 e. The number of aromatic hydroxyl groups is 1. The third-order valence-corrected chi connectivity index (χ3v) is 14.6. The highest BCUT2D eigenvalue weighted by molar-refractivity contribution is 5.99. The van der Waals surface area contributed by atoms with Gasteiger partial charge in [-0.1, -0.05) is 98.8 Å². The molecule has 28 nitrogen and oxygen atoms in total. The molecule has 0 bridgehead atoms. The van der Waals surface area contributed by atoms with E-state index in [2.05, 4.69) is 47.2 Å². The number of guanidine groups is 2. The maximum absolute atomic E-state index is 15.0. The second-order valence-electron chi connectivity index (χ2n) is 22.2. The van der Waals surface area contributed by atoms with E-state index in [0.29, 0.717) is 23.1 Å². The van der Waals surface area contributed by atoms with Crippen LogP contribution < -0.4 is 77.4 Å². The van der Waals surface area contributed by atoms with Crippen LogP contribution in [0.5, 0.6) is 5.75 Å². The largest absolute Gasteiger partial charge is 0.508 e. The Morgan fingerprint density at radius 3 is 1.65 bits per heavy atom. The van der Waals surface area contributed by atoms with Crippen LogP contribution in [0, 0.1) is 5.92 Å². The van der Waals surface area contributed by atoms with Gasteiger partial charge in [0.15, 0.2) is 11.9 Å². The fourth-order valence-corrected chi connectivity index (χ4v) is 10.2. The van der Waals surface area contributed by atoms with Gasteiger partial charge in [-0.15, -0.1) is 0 Å². The van der Waals surface area contributed by atoms with Gasteiger partial charge in [0.25, 0.3) is 0 Å². The molecular weight excluding hydrogens is 1150 g/mol. The first-order valence-electron chi connectivity index (χ1n) is 29.5. The predicted octanol–water partition coefficient (Wildman–Crippen LogP) is -2.18. The molecule has 1 heterocycles. The van der Waals surface area contributed by atoms with E-state index in [-0.39, 0.29) is 114 Å². The number of primary amides is 2. The highest BCUT2D eigenvalue weighted by Gasteiger charge is 2.40. The van der Waals surface area contributed by atoms with E-state index >= 15 is 0 Å². The van der Waals surface area contributed by atoms with Gasteiger partial charge in [0, 0.05) is 51.9 Å². The van der Waals surface area contributed by atoms with Crippen LogP contribution in [0.15, 0.2) is 107 Å². The number of amides is 10. The van der Waals surface area contributed by atoms with Crippen molar-refractivity contribution < 1.29 is 53.1 Å². The summed E-state index contributed by atoms with van der Waals surface area (Å²) in [7, 11) is 0. The van der Waals surface area contributed by atoms with Gasteiger partial charge in [-0.25, -0.2) is 0 Å². The molecule has 0 spiro atoms. The average molecular weight is 1230 g/mol. The quantitative estimate of drug-likeness (QED) is 0.0132. The number of fused-ring (bicyclic) bond motifs is 1. The number of nitrogens with one attached hydrogen (secondary N) is 7. The molecule has 89 heavy (non-hydrogen) atoms. The summed E-state index contributed by atoms with van der Waals surface area (Å²) < 4.78 is 0. The molecular formula is C61H85N17O11. The summed E-state index contributed by atoms with van der Waals surface area (Å²) >= 11 is 0. The van der Waals surface area contributed by atoms with Gasteiger partial charge in [0.05, 0.1) is 6.42 Å². The van der Waals surface area contributed by atoms with Crippen LogP contribution in [0.25, 0.3) is 10.8 Å². The standard InChI is InChI=1S/C61H85N17O11/c1-35(2)30-45(75-57(87)48(33-39-16-8-15-38-14-6-7-17-41(38)39)77-55(85)46(71-51(81)25-26-62)32-37-21-23-40(79)24-22-37)54(84)76-47(31-36-12-4-3-5-13-36)56(86)73-43(19-10-28-70-61(67)68)59(89)78-29-11-20-49(78)58(88)72-42(18-9-27-69-60(65)66)53(83)74-44(52(64)82)34-50(63)80/h3-8,12-17,21-24,35,42-49,79H,9-11,18-20,25-34,62H2,1-2H3,(H2,63,80)(H2,64,82)(H,71,81)(H,72,88)(H,73,86)(H,74,83)(H,75,87)(H,76,84)(H,77,85)(H4,65,66,69)(H4,67,68,70)/t42-,43-,44-,45-,46-,47-,48-,49-/m0/s1. The average Bonchev–Trinajstić information content (AvgIpc) is 2.03. The topological polar surface area (TPSA) is 485 Å². The van der Waals surface area contributed by atoms with Crippen LogP contribution in [-0.4, -0.2) is 156 Å². The Balaban J connectivity index is 1.45. The molecule has 28 heteroatoms. The summed E-state index contributed by atoms with van der Waals surface area (Å²) in [6.07, 6.45) is -0.240. The monoisotopic (exact) mass is 1230 g/mol. The number of phenolic OH excluding ortho intramolecular Hbond substituents is 1. The van der Waals surface area contributed by atoms with Gasteiger partial charge in [-0.3, -0.25) is 57.9 Å². The summed E-state index contributed by atoms with van der Waals surface area (Å²) in [6.45, 7) is 3.79. The van der Waals surface area contributed by atoms with Crippen molar-refractivity contribution in [1.29, 1.82) is 0 Å². The minimum absolute atomic E-state index is 0.000359. The number of hydrogen-bond donors (Lipinski definition) is 15. The van der Waals surface area contributed by atoms with E-state index in [9.17, 15) is 53.1 Å². The number of likely N-dealkylation sites (tertiary alicyclic amines) is 1. The Bertz CT molecular complexity index is 3150. The van der Waals surface area contributed by atoms with Crippen molar-refractivity contribution in [3.8, 4) is 5.75 Å². The van der Waals surface area contributed by atoms with Crippen LogP contribution >= 0.6 is 0 Å². The number of phenols is 1. The number of nitrogens with two attached hydrogens (primary N) is 7. The lowest BCUT2D eigenvalue weighted by Crippen LogP contribution is -2.61. The van der Waals surface area contributed by atoms with Crippen molar-refractivity contribution in [3.63, 3.8) is 0 Å². The van der Waals surface area contributed by atoms with Crippen molar-refractivity contribution in [2.24, 2.45) is 56.0 Å². The van der Waals surface area contributed by atoms with Gasteiger partial charge in [0.1, 0.15) is 54.1 Å². The van der Waals surface area contributed by atoms with Crippen molar-refractivity contribution in [3.05, 3.63) is 114 Å². The fourth-order valence-electron chi connectivity index (χ4n) is 10.2. The summed E-state index contributed by atoms with van der Waals surface area (Å²) in [4.78, 5) is 148. The number of rotatable bonds is 35. The Hall–Kier alpha value is -9.86. The zero-order valence-electron chi connectivity index (χ0n) is 50.2. The van der Waals surface area contributed by atoms with E-state index in [1.807, 2.05) is 56.3 Å². The van der Waals surface area contributed by atoms with E-state index in [0.717, 1.165) is 10.8 Å². The molecule has 0 radical (unpaired) electrons. The molecule has 1 aliphatic heterocycles. The molecule has 0 saturated carbocycles. The minimum Gasteiger partial charge on any atom is -0.508 e. The Kier molecular flexibility index (Phi) is 27.5. The van der Waals surface area contributed by atoms with Gasteiger partial charge in [-0.2, -0.15) is 0 Å². The lowest BCUT2D eigenvalue weighted by Gasteiger charge is -2.31. The summed E-state index contributed by atoms with van der Waals surface area (Å²) in [5, 5.41) is 30.7. The fraction of sp³-hybridized carbons (Fsp3) is 0.443. The van der Waals surface area contributed by atoms with E-state index in [4.69, 9.17) is 40.1 Å². The summed E-state index contributed by atoms with van der Waals surface area (Å²) in [5.41, 5.74) is 40.5. The predicted molar refractivity (Wildman–Crippen MR) is 334 cm³/mol. The highest BCUT2D eigenvalue weighted by atomic mass is 16.3. The van der Waals surface area contributed by atoms with E-state index < -0.39 is 114 Å². The second kappa shape index (κ2) is 35.1. The molecule has 1 saturated heterocycles. The van der Waals surface area contributed by atoms with E-state index in [1.54, 1.807) is 42.5 Å². The number of aliphatic imine (C=N–C) groups is 2. The molecule has 1 fully saturated rings. The molecule has 22 N–H and O–H groups in total. The molecule has 0 aliphatic carbocycles. The Morgan fingerprint density at radius 1 is 0.562 bits per heavy atom. The number of carbonyl (C=O) groups is 10. The van der Waals surface area contributed by atoms with Gasteiger partial charge in [0.2, 0.25) is 59.1 Å². The first-order valence-corrected chi connectivity index (χ1v) is 29.5. The number of carbonyl (C=O) groups excluding carboxylic acids is 10. The van der Waals surface area contributed by atoms with Gasteiger partial charge < -0.3 is 87.4 Å². The van der Waals surface area contributed by atoms with Crippen LogP contribution in [0.4, 0.5) is 0 Å². The van der Waals surface area contributed by atoms with E-state index in [1.165, 1.54) is 17.0 Å². The van der Waals surface area contributed by atoms with Crippen molar-refractivity contribution in [2.45, 2.75) is 139 Å². The highest BCUT2D eigenvalue weighted by Crippen LogP contribution is 2.23. The molecule has 4 aromatic rings. The molecule has 1 aliphatic rings. The maximum atomic E-state index is 15.0. The SMILES string of the molecule is CC(C)C[C@H](NC(=O)[C@H](Cc1cccc2ccccc12)NC(=O)[C@H](Cc1ccc(O)cc1)NC(=O)CCN)C(=O)N[C@@H](Cc1ccccc1)C(=O)N[C@@H](CCCN=C(N)N)C(=O)N1CCC[C@H]1C(=O)N[C@@H](CCCN=C(N)N)C(=O)N[C@@H](CC(N)=O)C(N)=O. The zero-order valence-corrected chi connectivity index (χ0v) is 50.2. The number of benzene rings is 4. The smallest absolute Gasteiger partial charge is 0.245 e. The molecule has 0 aromatic heterocycles. The lowest BCUT2D eigenvalue weighted by molar-refractivity contribution is -0.142. The molecule has 5 rings (SSSR count). The number of nitrogens with zero attached hydrogens (tertiary/aromatic N) is 3. The number of hydrogen-bond acceptors (Lipinski definition) is 14. The molecule has 10 amide bonds. The Labute approximate surface area is 516 Å². The lowest BCUT2D eigenvalue weighted by atomic mass is 9.96. The first-order chi connectivity index (χ1) is 42.4. The molecule has 8 atom stereocenters. The van der Waals surface area contributed by atoms with Gasteiger partial charge >= 0.3 is 0 Å². The van der Waals surface area contributed by atoms with Crippen molar-refractivity contribution in [2.75, 3.05) is 26.2 Å². The Morgan fingerprint density at radius 2 is 1.07 bits per heavy atom. The summed E-state index contributed by atoms with van der Waals surface area (Å²) in [6, 6.07) is 17.1. The van der Waals surface area contributed by atoms with Crippen molar-refractivity contribution >= 4 is 81.8 Å². The molecule has 4 aromatic carbocycles. The van der Waals surface area contributed by atoms with Crippen LogP contribution in [0.2, 0.25) is 0 Å². The summed E-state index contributed by atoms with van der Waals surface area (Å²) in [5.74, 6) is -8.61. The molecule has 0 unspecified atom stereocenters.